The van der Waals surface area contributed by atoms with Crippen molar-refractivity contribution in [2.24, 2.45) is 0 Å². The molecule has 0 aromatic rings. The number of amides is 3. The van der Waals surface area contributed by atoms with Crippen LogP contribution in [0.25, 0.3) is 0 Å². The highest BCUT2D eigenvalue weighted by molar-refractivity contribution is 5.88. The average molecular weight is 611 g/mol. The Morgan fingerprint density at radius 3 is 1.84 bits per heavy atom. The third-order valence-corrected chi connectivity index (χ3v) is 7.63. The normalized spacial score (nSPS) is 15.0. The van der Waals surface area contributed by atoms with Gasteiger partial charge in [0.05, 0.1) is 12.6 Å². The van der Waals surface area contributed by atoms with Gasteiger partial charge in [0.2, 0.25) is 17.7 Å². The number of nitrogens with one attached hydrogen (secondary N) is 3. The lowest BCUT2D eigenvalue weighted by Gasteiger charge is -2.25. The minimum absolute atomic E-state index is 0.0278. The number of aliphatic carboxylic acids is 2. The van der Waals surface area contributed by atoms with E-state index in [4.69, 9.17) is 5.11 Å². The van der Waals surface area contributed by atoms with Crippen LogP contribution in [0.15, 0.2) is 0 Å². The first-order valence-electron chi connectivity index (χ1n) is 16.1. The topological polar surface area (TPSA) is 182 Å². The van der Waals surface area contributed by atoms with E-state index in [9.17, 15) is 33.9 Å². The lowest BCUT2D eigenvalue weighted by atomic mass is 10.0. The van der Waals surface area contributed by atoms with Gasteiger partial charge < -0.3 is 31.1 Å². The number of carboxylic acid groups (broad SMARTS) is 2. The highest BCUT2D eigenvalue weighted by Gasteiger charge is 2.27. The summed E-state index contributed by atoms with van der Waals surface area (Å²) in [6, 6.07) is -1.47. The Morgan fingerprint density at radius 2 is 1.35 bits per heavy atom. The lowest BCUT2D eigenvalue weighted by molar-refractivity contribution is -0.142. The van der Waals surface area contributed by atoms with Gasteiger partial charge in [0.1, 0.15) is 11.8 Å². The fourth-order valence-corrected chi connectivity index (χ4v) is 5.20. The predicted octanol–water partition coefficient (Wildman–Crippen LogP) is 3.17. The molecule has 1 rings (SSSR count). The van der Waals surface area contributed by atoms with Crippen molar-refractivity contribution in [1.29, 1.82) is 0 Å². The summed E-state index contributed by atoms with van der Waals surface area (Å²) in [6.07, 6.45) is 14.4. The van der Waals surface area contributed by atoms with Gasteiger partial charge in [-0.15, -0.1) is 0 Å². The zero-order valence-electron chi connectivity index (χ0n) is 26.0. The number of carbonyl (C=O) groups excluding carboxylic acids is 4. The van der Waals surface area contributed by atoms with Gasteiger partial charge in [0, 0.05) is 32.4 Å². The average Bonchev–Trinajstić information content (AvgIpc) is 3.49. The van der Waals surface area contributed by atoms with Gasteiger partial charge in [-0.25, -0.2) is 4.79 Å². The van der Waals surface area contributed by atoms with E-state index < -0.39 is 18.0 Å². The standard InChI is InChI=1S/C31H54N4O8/c1-24(36)23-35(30(41)25-15-14-20-32-25)22-21-33-27(37)19-18-26(31(42)43)34-28(38)16-12-10-8-6-4-2-3-5-7-9-11-13-17-29(39)40/h25-26,32H,2-23H2,1H3,(H,33,37)(H,34,38)(H,39,40)(H,42,43)/t25-,26-/m0/s1. The number of carbonyl (C=O) groups is 6. The van der Waals surface area contributed by atoms with Crippen LogP contribution in [0, 0.1) is 0 Å². The summed E-state index contributed by atoms with van der Waals surface area (Å²) in [5.74, 6) is -2.95. The van der Waals surface area contributed by atoms with Gasteiger partial charge in [0.25, 0.3) is 0 Å². The molecular weight excluding hydrogens is 556 g/mol. The number of rotatable bonds is 26. The van der Waals surface area contributed by atoms with E-state index in [1.54, 1.807) is 0 Å². The molecule has 0 saturated carbocycles. The van der Waals surface area contributed by atoms with Crippen LogP contribution in [0.2, 0.25) is 0 Å². The van der Waals surface area contributed by atoms with Crippen molar-refractivity contribution < 1.29 is 39.0 Å². The largest absolute Gasteiger partial charge is 0.481 e. The van der Waals surface area contributed by atoms with Crippen molar-refractivity contribution in [3.63, 3.8) is 0 Å². The molecule has 1 aliphatic rings. The molecule has 3 amide bonds. The Hall–Kier alpha value is -3.02. The van der Waals surface area contributed by atoms with E-state index in [2.05, 4.69) is 16.0 Å². The number of hydrogen-bond acceptors (Lipinski definition) is 7. The van der Waals surface area contributed by atoms with Crippen LogP contribution < -0.4 is 16.0 Å². The number of ketones is 1. The molecule has 0 unspecified atom stereocenters. The van der Waals surface area contributed by atoms with Crippen molar-refractivity contribution in [2.45, 2.75) is 135 Å². The molecule has 43 heavy (non-hydrogen) atoms. The molecule has 246 valence electrons. The van der Waals surface area contributed by atoms with Gasteiger partial charge in [-0.3, -0.25) is 24.0 Å². The molecule has 2 atom stereocenters. The second kappa shape index (κ2) is 23.4. The molecule has 5 N–H and O–H groups in total. The fraction of sp³-hybridized carbons (Fsp3) is 0.806. The molecule has 1 fully saturated rings. The Balaban J connectivity index is 2.14. The number of nitrogens with zero attached hydrogens (tertiary/aromatic N) is 1. The maximum Gasteiger partial charge on any atom is 0.326 e. The van der Waals surface area contributed by atoms with E-state index in [1.165, 1.54) is 31.1 Å². The zero-order valence-corrected chi connectivity index (χ0v) is 26.0. The van der Waals surface area contributed by atoms with Crippen molar-refractivity contribution >= 4 is 35.4 Å². The highest BCUT2D eigenvalue weighted by Crippen LogP contribution is 2.13. The first-order chi connectivity index (χ1) is 20.6. The molecule has 0 spiro atoms. The highest BCUT2D eigenvalue weighted by atomic mass is 16.4. The van der Waals surface area contributed by atoms with Crippen LogP contribution in [-0.2, 0) is 28.8 Å². The molecule has 1 aliphatic heterocycles. The smallest absolute Gasteiger partial charge is 0.326 e. The zero-order chi connectivity index (χ0) is 31.9. The fourth-order valence-electron chi connectivity index (χ4n) is 5.20. The summed E-state index contributed by atoms with van der Waals surface area (Å²) in [6.45, 7) is 2.46. The molecule has 0 radical (unpaired) electrons. The quantitative estimate of drug-likeness (QED) is 0.0919. The number of carboxylic acids is 2. The molecule has 1 heterocycles. The van der Waals surface area contributed by atoms with Crippen LogP contribution in [0.5, 0.6) is 0 Å². The molecule has 12 heteroatoms. The molecule has 0 aliphatic carbocycles. The van der Waals surface area contributed by atoms with Crippen LogP contribution in [0.3, 0.4) is 0 Å². The number of hydrogen-bond donors (Lipinski definition) is 5. The summed E-state index contributed by atoms with van der Waals surface area (Å²) in [5.41, 5.74) is 0. The molecule has 12 nitrogen and oxygen atoms in total. The van der Waals surface area contributed by atoms with Crippen LogP contribution in [0.1, 0.15) is 122 Å². The van der Waals surface area contributed by atoms with Crippen LogP contribution in [-0.4, -0.2) is 88.8 Å². The third kappa shape index (κ3) is 19.7. The summed E-state index contributed by atoms with van der Waals surface area (Å²) in [5, 5.41) is 26.4. The van der Waals surface area contributed by atoms with Crippen LogP contribution >= 0.6 is 0 Å². The summed E-state index contributed by atoms with van der Waals surface area (Å²) < 4.78 is 0. The third-order valence-electron chi connectivity index (χ3n) is 7.63. The monoisotopic (exact) mass is 610 g/mol. The predicted molar refractivity (Wildman–Crippen MR) is 162 cm³/mol. The Labute approximate surface area is 256 Å². The maximum atomic E-state index is 12.7. The summed E-state index contributed by atoms with van der Waals surface area (Å²) in [4.78, 5) is 72.3. The number of Topliss-reactive ketones (excluding diaryl/α,β-unsaturated/α-hetero) is 1. The number of unbranched alkanes of at least 4 members (excludes halogenated alkanes) is 11. The van der Waals surface area contributed by atoms with Crippen molar-refractivity contribution in [1.82, 2.24) is 20.9 Å². The van der Waals surface area contributed by atoms with E-state index in [-0.39, 0.29) is 74.9 Å². The summed E-state index contributed by atoms with van der Waals surface area (Å²) in [7, 11) is 0. The molecule has 0 aromatic carbocycles. The second-order valence-corrected chi connectivity index (χ2v) is 11.6. The second-order valence-electron chi connectivity index (χ2n) is 11.6. The van der Waals surface area contributed by atoms with Gasteiger partial charge in [-0.2, -0.15) is 0 Å². The molecule has 1 saturated heterocycles. The Kier molecular flexibility index (Phi) is 20.7. The van der Waals surface area contributed by atoms with Gasteiger partial charge in [0.15, 0.2) is 0 Å². The first kappa shape index (κ1) is 38.0. The van der Waals surface area contributed by atoms with Gasteiger partial charge >= 0.3 is 11.9 Å². The summed E-state index contributed by atoms with van der Waals surface area (Å²) >= 11 is 0. The lowest BCUT2D eigenvalue weighted by Crippen LogP contribution is -2.48. The van der Waals surface area contributed by atoms with Gasteiger partial charge in [-0.05, 0) is 45.6 Å². The van der Waals surface area contributed by atoms with E-state index in [1.807, 2.05) is 0 Å². The molecule has 0 aromatic heterocycles. The first-order valence-corrected chi connectivity index (χ1v) is 16.1. The molecular formula is C31H54N4O8. The van der Waals surface area contributed by atoms with Crippen molar-refractivity contribution in [3.05, 3.63) is 0 Å². The Morgan fingerprint density at radius 1 is 0.791 bits per heavy atom. The van der Waals surface area contributed by atoms with E-state index in [0.29, 0.717) is 12.8 Å². The Bertz CT molecular complexity index is 876. The van der Waals surface area contributed by atoms with Gasteiger partial charge in [-0.1, -0.05) is 64.2 Å². The van der Waals surface area contributed by atoms with E-state index in [0.717, 1.165) is 64.3 Å². The molecule has 0 bridgehead atoms. The minimum Gasteiger partial charge on any atom is -0.481 e. The van der Waals surface area contributed by atoms with Crippen molar-refractivity contribution in [3.8, 4) is 0 Å². The van der Waals surface area contributed by atoms with Crippen molar-refractivity contribution in [2.75, 3.05) is 26.2 Å². The maximum absolute atomic E-state index is 12.7. The SMILES string of the molecule is CC(=O)CN(CCNC(=O)CC[C@H](NC(=O)CCCCCCCCCCCCCCC(=O)O)C(=O)O)C(=O)[C@@H]1CCCN1. The van der Waals surface area contributed by atoms with Crippen LogP contribution in [0.4, 0.5) is 0 Å². The van der Waals surface area contributed by atoms with E-state index >= 15 is 0 Å². The minimum atomic E-state index is -1.19.